The molecule has 1 aromatic carbocycles. The summed E-state index contributed by atoms with van der Waals surface area (Å²) in [5, 5.41) is 6.64. The van der Waals surface area contributed by atoms with E-state index < -0.39 is 74.3 Å². The van der Waals surface area contributed by atoms with Crippen LogP contribution in [0.3, 0.4) is 0 Å². The number of fused-ring (bicyclic) bond motifs is 3. The zero-order valence-electron chi connectivity index (χ0n) is 34.8. The van der Waals surface area contributed by atoms with E-state index in [1.54, 1.807) is 27.9 Å². The molecule has 0 unspecified atom stereocenters. The third-order valence-corrected chi connectivity index (χ3v) is 13.7. The number of morpholine rings is 1. The number of benzene rings is 1. The van der Waals surface area contributed by atoms with Gasteiger partial charge in [0.2, 0.25) is 27.7 Å². The molecule has 1 aromatic heterocycles. The summed E-state index contributed by atoms with van der Waals surface area (Å²) in [7, 11) is -2.32. The maximum atomic E-state index is 14.9. The maximum Gasteiger partial charge on any atom is 0.408 e. The van der Waals surface area contributed by atoms with Gasteiger partial charge in [-0.25, -0.2) is 13.2 Å². The number of nitrogens with zero attached hydrogens (tertiary/aromatic N) is 3. The number of amides is 4. The summed E-state index contributed by atoms with van der Waals surface area (Å²) in [5.41, 5.74) is -2.36. The number of carbonyl (C=O) groups is 4. The molecule has 2 saturated heterocycles. The van der Waals surface area contributed by atoms with E-state index in [9.17, 15) is 27.6 Å². The number of alkyl carbamates (subject to hydrolysis) is 1. The van der Waals surface area contributed by atoms with Crippen LogP contribution in [0.1, 0.15) is 79.6 Å². The lowest BCUT2D eigenvalue weighted by atomic mass is 9.88. The Bertz CT molecular complexity index is 2080. The van der Waals surface area contributed by atoms with Gasteiger partial charge in [-0.05, 0) is 101 Å². The Morgan fingerprint density at radius 1 is 1.05 bits per heavy atom. The highest BCUT2D eigenvalue weighted by Crippen LogP contribution is 2.46. The molecule has 5 aliphatic rings. The van der Waals surface area contributed by atoms with E-state index in [1.165, 1.54) is 4.90 Å². The van der Waals surface area contributed by atoms with Crippen molar-refractivity contribution in [2.45, 2.75) is 114 Å². The van der Waals surface area contributed by atoms with Gasteiger partial charge < -0.3 is 39.4 Å². The predicted octanol–water partition coefficient (Wildman–Crippen LogP) is 3.82. The van der Waals surface area contributed by atoms with Gasteiger partial charge in [0.15, 0.2) is 0 Å². The molecule has 0 radical (unpaired) electrons. The van der Waals surface area contributed by atoms with Crippen LogP contribution in [0.4, 0.5) is 10.6 Å². The van der Waals surface area contributed by atoms with E-state index >= 15 is 0 Å². The van der Waals surface area contributed by atoms with Crippen molar-refractivity contribution in [1.29, 1.82) is 0 Å². The van der Waals surface area contributed by atoms with Gasteiger partial charge in [0.25, 0.3) is 5.91 Å². The SMILES string of the molecule is COc1ccc2c(O[C@@H]3C[C@H]4C(=O)N[C@]5(C(=O)NS(=O)(=O)C6CC6)C[C@H]5/C=C\CC[C@H](C)C[C@@H](C)[C@H](NC(=O)OC(C)(C)C)C(=O)N4C3)nc(N3CCOCC3)cc2c1. The zero-order chi connectivity index (χ0) is 42.3. The number of carbonyl (C=O) groups excluding carboxylic acids is 4. The first kappa shape index (κ1) is 42.5. The number of sulfonamides is 1. The van der Waals surface area contributed by atoms with Crippen molar-refractivity contribution in [3.8, 4) is 11.6 Å². The van der Waals surface area contributed by atoms with Crippen LogP contribution in [0.15, 0.2) is 36.4 Å². The second-order valence-corrected chi connectivity index (χ2v) is 19.8. The van der Waals surface area contributed by atoms with Gasteiger partial charge in [-0.15, -0.1) is 0 Å². The summed E-state index contributed by atoms with van der Waals surface area (Å²) in [6.07, 6.45) is 5.53. The number of anilines is 1. The zero-order valence-corrected chi connectivity index (χ0v) is 35.6. The summed E-state index contributed by atoms with van der Waals surface area (Å²) in [6.45, 7) is 11.5. The minimum atomic E-state index is -3.92. The van der Waals surface area contributed by atoms with Crippen LogP contribution < -0.4 is 29.7 Å². The Balaban J connectivity index is 1.24. The summed E-state index contributed by atoms with van der Waals surface area (Å²) >= 11 is 0. The number of pyridine rings is 1. The Kier molecular flexibility index (Phi) is 12.1. The molecule has 3 N–H and O–H groups in total. The smallest absolute Gasteiger partial charge is 0.408 e. The van der Waals surface area contributed by atoms with Gasteiger partial charge in [-0.1, -0.05) is 26.0 Å². The van der Waals surface area contributed by atoms with Crippen molar-refractivity contribution in [1.82, 2.24) is 25.2 Å². The maximum absolute atomic E-state index is 14.9. The summed E-state index contributed by atoms with van der Waals surface area (Å²) in [5.74, 6) is -0.936. The van der Waals surface area contributed by atoms with Crippen molar-refractivity contribution >= 4 is 50.4 Å². The molecular formula is C42H58N6O10S. The summed E-state index contributed by atoms with van der Waals surface area (Å²) in [4.78, 5) is 65.3. The fourth-order valence-electron chi connectivity index (χ4n) is 8.45. The molecule has 2 aromatic rings. The van der Waals surface area contributed by atoms with Crippen molar-refractivity contribution in [2.24, 2.45) is 17.8 Å². The lowest BCUT2D eigenvalue weighted by Gasteiger charge is -2.33. The normalized spacial score (nSPS) is 29.9. The van der Waals surface area contributed by atoms with Crippen molar-refractivity contribution in [3.05, 3.63) is 36.4 Å². The van der Waals surface area contributed by atoms with E-state index in [1.807, 2.05) is 43.3 Å². The molecule has 4 heterocycles. The molecule has 7 rings (SSSR count). The molecule has 0 spiro atoms. The molecule has 17 heteroatoms. The Morgan fingerprint density at radius 3 is 2.49 bits per heavy atom. The minimum Gasteiger partial charge on any atom is -0.497 e. The second-order valence-electron chi connectivity index (χ2n) is 17.8. The molecule has 7 atom stereocenters. The average Bonchev–Trinajstić information content (AvgIpc) is 4.11. The topological polar surface area (TPSA) is 195 Å². The number of ether oxygens (including phenoxy) is 4. The van der Waals surface area contributed by atoms with Gasteiger partial charge in [-0.3, -0.25) is 19.1 Å². The molecule has 3 aliphatic heterocycles. The van der Waals surface area contributed by atoms with Gasteiger partial charge in [0, 0.05) is 30.8 Å². The number of allylic oxidation sites excluding steroid dienone is 1. The molecule has 59 heavy (non-hydrogen) atoms. The number of hydrogen-bond acceptors (Lipinski definition) is 12. The molecular weight excluding hydrogens is 781 g/mol. The van der Waals surface area contributed by atoms with Crippen LogP contribution in [0.5, 0.6) is 11.6 Å². The minimum absolute atomic E-state index is 0.0290. The molecule has 2 aliphatic carbocycles. The van der Waals surface area contributed by atoms with Crippen LogP contribution >= 0.6 is 0 Å². The number of rotatable bonds is 8. The molecule has 4 fully saturated rings. The summed E-state index contributed by atoms with van der Waals surface area (Å²) in [6, 6.07) is 5.32. The van der Waals surface area contributed by atoms with Gasteiger partial charge in [0.1, 0.15) is 40.9 Å². The van der Waals surface area contributed by atoms with Gasteiger partial charge in [-0.2, -0.15) is 4.98 Å². The highest BCUT2D eigenvalue weighted by molar-refractivity contribution is 7.91. The fourth-order valence-corrected chi connectivity index (χ4v) is 9.82. The van der Waals surface area contributed by atoms with E-state index in [4.69, 9.17) is 23.9 Å². The molecule has 322 valence electrons. The lowest BCUT2D eigenvalue weighted by molar-refractivity contribution is -0.142. The molecule has 4 amide bonds. The Morgan fingerprint density at radius 2 is 1.80 bits per heavy atom. The first-order chi connectivity index (χ1) is 28.0. The van der Waals surface area contributed by atoms with Crippen molar-refractivity contribution in [3.63, 3.8) is 0 Å². The highest BCUT2D eigenvalue weighted by Gasteiger charge is 2.62. The monoisotopic (exact) mass is 838 g/mol. The first-order valence-electron chi connectivity index (χ1n) is 20.8. The number of hydrogen-bond donors (Lipinski definition) is 3. The van der Waals surface area contributed by atoms with E-state index in [0.29, 0.717) is 74.8 Å². The average molecular weight is 839 g/mol. The van der Waals surface area contributed by atoms with E-state index in [2.05, 4.69) is 27.2 Å². The quantitative estimate of drug-likeness (QED) is 0.326. The summed E-state index contributed by atoms with van der Waals surface area (Å²) < 4.78 is 51.6. The third-order valence-electron chi connectivity index (χ3n) is 11.9. The van der Waals surface area contributed by atoms with Crippen LogP contribution in [0.2, 0.25) is 0 Å². The number of aromatic nitrogens is 1. The van der Waals surface area contributed by atoms with Crippen LogP contribution in [-0.2, 0) is 33.9 Å². The molecule has 0 bridgehead atoms. The highest BCUT2D eigenvalue weighted by atomic mass is 32.2. The number of nitrogens with one attached hydrogen (secondary N) is 3. The Labute approximate surface area is 346 Å². The van der Waals surface area contributed by atoms with Crippen LogP contribution in [-0.4, -0.2) is 117 Å². The number of methoxy groups -OCH3 is 1. The van der Waals surface area contributed by atoms with E-state index in [-0.39, 0.29) is 31.2 Å². The Hall–Kier alpha value is -4.64. The van der Waals surface area contributed by atoms with Crippen LogP contribution in [0, 0.1) is 17.8 Å². The molecule has 16 nitrogen and oxygen atoms in total. The van der Waals surface area contributed by atoms with E-state index in [0.717, 1.165) is 11.8 Å². The predicted molar refractivity (Wildman–Crippen MR) is 219 cm³/mol. The van der Waals surface area contributed by atoms with Gasteiger partial charge >= 0.3 is 6.09 Å². The second kappa shape index (κ2) is 16.8. The van der Waals surface area contributed by atoms with Crippen molar-refractivity contribution in [2.75, 3.05) is 44.9 Å². The standard InChI is InChI=1S/C42H58N6O10S/c1-25-9-7-8-10-28-23-42(28,39(51)46-59(53,54)31-12-13-31)45-36(49)33-22-30(24-48(33)38(50)35(26(2)19-25)44-40(52)58-41(3,4)5)57-37-32-14-11-29(55-6)20-27(32)21-34(43-37)47-15-17-56-18-16-47/h8,10-11,14,20-21,25-26,28,30-31,33,35H,7,9,12-13,15-19,22-24H2,1-6H3,(H,44,52)(H,45,49)(H,46,51)/b10-8-/t25-,26+,28+,30+,33-,35-,42+/m0/s1. The van der Waals surface area contributed by atoms with Crippen molar-refractivity contribution < 1.29 is 46.5 Å². The fraction of sp³-hybridized carbons (Fsp3) is 0.643. The largest absolute Gasteiger partial charge is 0.497 e. The first-order valence-corrected chi connectivity index (χ1v) is 22.3. The lowest BCUT2D eigenvalue weighted by Crippen LogP contribution is -2.59. The van der Waals surface area contributed by atoms with Crippen LogP contribution in [0.25, 0.3) is 10.8 Å². The third kappa shape index (κ3) is 9.72. The molecule has 2 saturated carbocycles. The van der Waals surface area contributed by atoms with Gasteiger partial charge in [0.05, 0.1) is 32.1 Å².